The molecule has 1 rings (SSSR count). The van der Waals surface area contributed by atoms with E-state index in [1.807, 2.05) is 12.1 Å². The molecule has 0 heterocycles. The predicted molar refractivity (Wildman–Crippen MR) is 91.0 cm³/mol. The predicted octanol–water partition coefficient (Wildman–Crippen LogP) is 3.71. The van der Waals surface area contributed by atoms with Crippen molar-refractivity contribution < 1.29 is 4.74 Å². The van der Waals surface area contributed by atoms with Crippen molar-refractivity contribution in [2.24, 2.45) is 5.92 Å². The summed E-state index contributed by atoms with van der Waals surface area (Å²) in [5.74, 6) is 1.67. The van der Waals surface area contributed by atoms with E-state index < -0.39 is 0 Å². The Balaban J connectivity index is 2.86. The Labute approximate surface area is 130 Å². The Bertz CT molecular complexity index is 394. The molecular weight excluding hydrogens is 260 g/mol. The lowest BCUT2D eigenvalue weighted by Crippen LogP contribution is -2.41. The Kier molecular flexibility index (Phi) is 7.76. The van der Waals surface area contributed by atoms with E-state index in [4.69, 9.17) is 4.74 Å². The van der Waals surface area contributed by atoms with Crippen LogP contribution in [0.3, 0.4) is 0 Å². The molecule has 0 fully saturated rings. The summed E-state index contributed by atoms with van der Waals surface area (Å²) in [6, 6.07) is 9.16. The van der Waals surface area contributed by atoms with Crippen LogP contribution in [0.25, 0.3) is 0 Å². The molecule has 0 aliphatic rings. The van der Waals surface area contributed by atoms with Crippen LogP contribution in [0.15, 0.2) is 24.3 Å². The molecule has 2 unspecified atom stereocenters. The third-order valence-electron chi connectivity index (χ3n) is 3.70. The minimum Gasteiger partial charge on any atom is -0.496 e. The third-order valence-corrected chi connectivity index (χ3v) is 3.70. The van der Waals surface area contributed by atoms with Gasteiger partial charge in [-0.15, -0.1) is 0 Å². The van der Waals surface area contributed by atoms with Crippen molar-refractivity contribution >= 4 is 0 Å². The van der Waals surface area contributed by atoms with E-state index in [0.717, 1.165) is 18.7 Å². The molecule has 1 aromatic carbocycles. The van der Waals surface area contributed by atoms with E-state index in [1.165, 1.54) is 12.0 Å². The smallest absolute Gasteiger partial charge is 0.123 e. The average Bonchev–Trinajstić information content (AvgIpc) is 2.43. The highest BCUT2D eigenvalue weighted by Gasteiger charge is 2.19. The number of methoxy groups -OCH3 is 1. The lowest BCUT2D eigenvalue weighted by Gasteiger charge is -2.29. The molecule has 0 aliphatic carbocycles. The van der Waals surface area contributed by atoms with Crippen molar-refractivity contribution in [2.75, 3.05) is 27.7 Å². The van der Waals surface area contributed by atoms with Crippen LogP contribution in [0.2, 0.25) is 0 Å². The second-order valence-corrected chi connectivity index (χ2v) is 6.46. The zero-order valence-electron chi connectivity index (χ0n) is 14.5. The van der Waals surface area contributed by atoms with E-state index in [-0.39, 0.29) is 0 Å². The first-order chi connectivity index (χ1) is 9.97. The fourth-order valence-corrected chi connectivity index (χ4v) is 2.87. The van der Waals surface area contributed by atoms with E-state index in [0.29, 0.717) is 18.0 Å². The maximum absolute atomic E-state index is 5.52. The van der Waals surface area contributed by atoms with Crippen molar-refractivity contribution in [3.8, 4) is 5.75 Å². The van der Waals surface area contributed by atoms with Crippen LogP contribution in [-0.2, 0) is 0 Å². The first kappa shape index (κ1) is 18.0. The van der Waals surface area contributed by atoms with Crippen LogP contribution in [0.4, 0.5) is 0 Å². The standard InChI is InChI=1S/C18H32N2O/c1-7-17(16-10-8-9-11-18(16)21-6)19-15(12-14(2)3)13-20(4)5/h8-11,14-15,17,19H,7,12-13H2,1-6H3. The topological polar surface area (TPSA) is 24.5 Å². The van der Waals surface area contributed by atoms with Gasteiger partial charge in [-0.2, -0.15) is 0 Å². The molecule has 0 aliphatic heterocycles. The number of likely N-dealkylation sites (N-methyl/N-ethyl adjacent to an activating group) is 1. The average molecular weight is 292 g/mol. The van der Waals surface area contributed by atoms with Gasteiger partial charge >= 0.3 is 0 Å². The molecule has 2 atom stereocenters. The zero-order valence-corrected chi connectivity index (χ0v) is 14.5. The Morgan fingerprint density at radius 3 is 2.38 bits per heavy atom. The maximum Gasteiger partial charge on any atom is 0.123 e. The van der Waals surface area contributed by atoms with Crippen molar-refractivity contribution in [3.05, 3.63) is 29.8 Å². The summed E-state index contributed by atoms with van der Waals surface area (Å²) in [6.45, 7) is 7.86. The van der Waals surface area contributed by atoms with E-state index in [9.17, 15) is 0 Å². The molecule has 3 nitrogen and oxygen atoms in total. The van der Waals surface area contributed by atoms with Gasteiger partial charge < -0.3 is 15.0 Å². The van der Waals surface area contributed by atoms with Crippen molar-refractivity contribution in [1.82, 2.24) is 10.2 Å². The number of hydrogen-bond donors (Lipinski definition) is 1. The molecule has 0 saturated carbocycles. The molecule has 21 heavy (non-hydrogen) atoms. The molecule has 0 amide bonds. The number of benzene rings is 1. The van der Waals surface area contributed by atoms with Gasteiger partial charge in [0.15, 0.2) is 0 Å². The number of nitrogens with zero attached hydrogens (tertiary/aromatic N) is 1. The first-order valence-electron chi connectivity index (χ1n) is 8.01. The zero-order chi connectivity index (χ0) is 15.8. The summed E-state index contributed by atoms with van der Waals surface area (Å²) in [4.78, 5) is 2.26. The Morgan fingerprint density at radius 2 is 1.86 bits per heavy atom. The highest BCUT2D eigenvalue weighted by Crippen LogP contribution is 2.27. The summed E-state index contributed by atoms with van der Waals surface area (Å²) >= 11 is 0. The van der Waals surface area contributed by atoms with Crippen LogP contribution < -0.4 is 10.1 Å². The molecule has 120 valence electrons. The van der Waals surface area contributed by atoms with E-state index >= 15 is 0 Å². The molecule has 0 aromatic heterocycles. The summed E-state index contributed by atoms with van der Waals surface area (Å²) in [5.41, 5.74) is 1.26. The van der Waals surface area contributed by atoms with Crippen LogP contribution in [0.5, 0.6) is 5.75 Å². The largest absolute Gasteiger partial charge is 0.496 e. The molecule has 3 heteroatoms. The van der Waals surface area contributed by atoms with Gasteiger partial charge in [0.2, 0.25) is 0 Å². The molecule has 0 spiro atoms. The number of para-hydroxylation sites is 1. The first-order valence-corrected chi connectivity index (χ1v) is 8.01. The summed E-state index contributed by atoms with van der Waals surface area (Å²) in [7, 11) is 6.02. The van der Waals surface area contributed by atoms with Gasteiger partial charge in [0, 0.05) is 24.2 Å². The maximum atomic E-state index is 5.52. The second-order valence-electron chi connectivity index (χ2n) is 6.46. The van der Waals surface area contributed by atoms with E-state index in [2.05, 4.69) is 57.2 Å². The van der Waals surface area contributed by atoms with Gasteiger partial charge in [0.1, 0.15) is 5.75 Å². The monoisotopic (exact) mass is 292 g/mol. The quantitative estimate of drug-likeness (QED) is 0.751. The van der Waals surface area contributed by atoms with Crippen LogP contribution >= 0.6 is 0 Å². The highest BCUT2D eigenvalue weighted by molar-refractivity contribution is 5.35. The van der Waals surface area contributed by atoms with E-state index in [1.54, 1.807) is 7.11 Å². The molecular formula is C18H32N2O. The summed E-state index contributed by atoms with van der Waals surface area (Å²) in [6.07, 6.45) is 2.24. The second kappa shape index (κ2) is 9.06. The SMILES string of the molecule is CCC(NC(CC(C)C)CN(C)C)c1ccccc1OC. The Morgan fingerprint density at radius 1 is 1.19 bits per heavy atom. The van der Waals surface area contributed by atoms with Gasteiger partial charge in [-0.1, -0.05) is 39.0 Å². The number of nitrogens with one attached hydrogen (secondary N) is 1. The van der Waals surface area contributed by atoms with Crippen LogP contribution in [0, 0.1) is 5.92 Å². The van der Waals surface area contributed by atoms with Gasteiger partial charge in [-0.05, 0) is 38.9 Å². The fraction of sp³-hybridized carbons (Fsp3) is 0.667. The van der Waals surface area contributed by atoms with Gasteiger partial charge in [-0.3, -0.25) is 0 Å². The van der Waals surface area contributed by atoms with Crippen molar-refractivity contribution in [1.29, 1.82) is 0 Å². The molecule has 0 radical (unpaired) electrons. The molecule has 1 N–H and O–H groups in total. The van der Waals surface area contributed by atoms with Crippen molar-refractivity contribution in [3.63, 3.8) is 0 Å². The molecule has 0 bridgehead atoms. The van der Waals surface area contributed by atoms with Crippen molar-refractivity contribution in [2.45, 2.75) is 45.7 Å². The van der Waals surface area contributed by atoms with Crippen LogP contribution in [0.1, 0.15) is 45.2 Å². The lowest BCUT2D eigenvalue weighted by molar-refractivity contribution is 0.281. The molecule has 1 aromatic rings. The van der Waals surface area contributed by atoms with Gasteiger partial charge in [0.05, 0.1) is 7.11 Å². The lowest BCUT2D eigenvalue weighted by atomic mass is 9.98. The van der Waals surface area contributed by atoms with Gasteiger partial charge in [-0.25, -0.2) is 0 Å². The highest BCUT2D eigenvalue weighted by atomic mass is 16.5. The minimum atomic E-state index is 0.338. The number of ether oxygens (including phenoxy) is 1. The number of rotatable bonds is 9. The Hall–Kier alpha value is -1.06. The summed E-state index contributed by atoms with van der Waals surface area (Å²) in [5, 5.41) is 3.84. The normalized spacial score (nSPS) is 14.5. The van der Waals surface area contributed by atoms with Crippen LogP contribution in [-0.4, -0.2) is 38.7 Å². The minimum absolute atomic E-state index is 0.338. The molecule has 0 saturated heterocycles. The fourth-order valence-electron chi connectivity index (χ4n) is 2.87. The third kappa shape index (κ3) is 6.06. The number of hydrogen-bond acceptors (Lipinski definition) is 3. The van der Waals surface area contributed by atoms with Gasteiger partial charge in [0.25, 0.3) is 0 Å². The summed E-state index contributed by atoms with van der Waals surface area (Å²) < 4.78 is 5.52.